The van der Waals surface area contributed by atoms with E-state index in [9.17, 15) is 8.42 Å². The molecule has 2 bridgehead atoms. The van der Waals surface area contributed by atoms with Crippen molar-refractivity contribution in [2.24, 2.45) is 17.8 Å². The van der Waals surface area contributed by atoms with Gasteiger partial charge in [-0.1, -0.05) is 48.1 Å². The van der Waals surface area contributed by atoms with Crippen molar-refractivity contribution < 1.29 is 8.42 Å². The van der Waals surface area contributed by atoms with Crippen LogP contribution in [0, 0.1) is 29.6 Å². The van der Waals surface area contributed by atoms with E-state index in [2.05, 4.69) is 11.8 Å². The Kier molecular flexibility index (Phi) is 4.35. The van der Waals surface area contributed by atoms with Gasteiger partial charge in [-0.3, -0.25) is 0 Å². The van der Waals surface area contributed by atoms with Gasteiger partial charge in [0, 0.05) is 16.5 Å². The van der Waals surface area contributed by atoms with Crippen molar-refractivity contribution in [3.05, 3.63) is 65.2 Å². The van der Waals surface area contributed by atoms with Gasteiger partial charge >= 0.3 is 0 Å². The van der Waals surface area contributed by atoms with Crippen LogP contribution in [0.1, 0.15) is 24.8 Å². The molecule has 0 spiro atoms. The minimum atomic E-state index is -3.32. The molecule has 0 N–H and O–H groups in total. The standard InChI is InChI=1S/C21H19ClO2S/c22-16-10-12-17(13-11-16)25(23,24)21-19-7-4-8-20(21)18(19)14-9-15-5-2-1-3-6-15/h1-3,5-6,10-13,18-21H,4,7-8H2. The van der Waals surface area contributed by atoms with E-state index in [1.807, 2.05) is 30.3 Å². The third-order valence-corrected chi connectivity index (χ3v) is 8.10. The van der Waals surface area contributed by atoms with E-state index in [0.717, 1.165) is 24.8 Å². The lowest BCUT2D eigenvalue weighted by atomic mass is 9.57. The molecule has 2 aromatic rings. The summed E-state index contributed by atoms with van der Waals surface area (Å²) < 4.78 is 26.1. The van der Waals surface area contributed by atoms with Crippen LogP contribution in [0.5, 0.6) is 0 Å². The van der Waals surface area contributed by atoms with Crippen LogP contribution in [0.15, 0.2) is 59.5 Å². The van der Waals surface area contributed by atoms with E-state index in [4.69, 9.17) is 11.6 Å². The summed E-state index contributed by atoms with van der Waals surface area (Å²) in [6, 6.07) is 16.4. The molecule has 2 nitrogen and oxygen atoms in total. The molecule has 25 heavy (non-hydrogen) atoms. The topological polar surface area (TPSA) is 34.1 Å². The van der Waals surface area contributed by atoms with Crippen molar-refractivity contribution >= 4 is 21.4 Å². The lowest BCUT2D eigenvalue weighted by Crippen LogP contribution is -2.57. The lowest BCUT2D eigenvalue weighted by Gasteiger charge is -2.53. The van der Waals surface area contributed by atoms with Crippen LogP contribution in [0.4, 0.5) is 0 Å². The van der Waals surface area contributed by atoms with Crippen molar-refractivity contribution in [3.8, 4) is 11.8 Å². The predicted molar refractivity (Wildman–Crippen MR) is 100 cm³/mol. The van der Waals surface area contributed by atoms with Gasteiger partial charge < -0.3 is 0 Å². The quantitative estimate of drug-likeness (QED) is 0.725. The molecular formula is C21H19ClO2S. The summed E-state index contributed by atoms with van der Waals surface area (Å²) >= 11 is 5.89. The minimum Gasteiger partial charge on any atom is -0.223 e. The zero-order valence-electron chi connectivity index (χ0n) is 13.7. The zero-order valence-corrected chi connectivity index (χ0v) is 15.3. The van der Waals surface area contributed by atoms with Crippen LogP contribution in [0.2, 0.25) is 5.02 Å². The number of fused-ring (bicyclic) bond motifs is 2. The van der Waals surface area contributed by atoms with E-state index < -0.39 is 9.84 Å². The number of halogens is 1. The Hall–Kier alpha value is -1.76. The summed E-state index contributed by atoms with van der Waals surface area (Å²) in [5, 5.41) is 0.261. The largest absolute Gasteiger partial charge is 0.223 e. The molecule has 0 amide bonds. The van der Waals surface area contributed by atoms with Crippen LogP contribution in [-0.2, 0) is 9.84 Å². The maximum atomic E-state index is 13.1. The molecule has 2 saturated carbocycles. The Morgan fingerprint density at radius 1 is 0.920 bits per heavy atom. The highest BCUT2D eigenvalue weighted by molar-refractivity contribution is 7.92. The molecule has 2 fully saturated rings. The van der Waals surface area contributed by atoms with E-state index >= 15 is 0 Å². The van der Waals surface area contributed by atoms with Gasteiger partial charge in [-0.05, 0) is 61.1 Å². The van der Waals surface area contributed by atoms with Crippen LogP contribution in [-0.4, -0.2) is 13.7 Å². The molecule has 2 aliphatic rings. The lowest BCUT2D eigenvalue weighted by molar-refractivity contribution is 0.0629. The number of rotatable bonds is 2. The Labute approximate surface area is 154 Å². The first-order valence-corrected chi connectivity index (χ1v) is 10.6. The first kappa shape index (κ1) is 16.7. The molecular weight excluding hydrogens is 352 g/mol. The highest BCUT2D eigenvalue weighted by Gasteiger charge is 2.57. The van der Waals surface area contributed by atoms with Gasteiger partial charge in [0.05, 0.1) is 10.1 Å². The SMILES string of the molecule is O=S(=O)(c1ccc(Cl)cc1)C1C2CCCC1C2C#Cc1ccccc1. The average molecular weight is 371 g/mol. The fourth-order valence-electron chi connectivity index (χ4n) is 4.32. The van der Waals surface area contributed by atoms with Gasteiger partial charge in [-0.25, -0.2) is 8.42 Å². The summed E-state index contributed by atoms with van der Waals surface area (Å²) in [7, 11) is -3.32. The van der Waals surface area contributed by atoms with Crippen molar-refractivity contribution in [1.29, 1.82) is 0 Å². The number of hydrogen-bond donors (Lipinski definition) is 0. The first-order chi connectivity index (χ1) is 12.1. The van der Waals surface area contributed by atoms with Crippen molar-refractivity contribution in [1.82, 2.24) is 0 Å². The monoisotopic (exact) mass is 370 g/mol. The first-order valence-electron chi connectivity index (χ1n) is 8.63. The summed E-state index contributed by atoms with van der Waals surface area (Å²) in [6.45, 7) is 0. The highest BCUT2D eigenvalue weighted by atomic mass is 35.5. The molecule has 2 unspecified atom stereocenters. The molecule has 128 valence electrons. The fraction of sp³-hybridized carbons (Fsp3) is 0.333. The van der Waals surface area contributed by atoms with E-state index in [1.54, 1.807) is 24.3 Å². The second kappa shape index (κ2) is 6.52. The van der Waals surface area contributed by atoms with Gasteiger partial charge in [0.25, 0.3) is 0 Å². The fourth-order valence-corrected chi connectivity index (χ4v) is 6.81. The second-order valence-corrected chi connectivity index (χ2v) is 9.43. The summed E-state index contributed by atoms with van der Waals surface area (Å²) in [5.41, 5.74) is 0.990. The van der Waals surface area contributed by atoms with Gasteiger partial charge in [0.2, 0.25) is 0 Å². The van der Waals surface area contributed by atoms with Crippen molar-refractivity contribution in [2.45, 2.75) is 29.4 Å². The number of hydrogen-bond acceptors (Lipinski definition) is 2. The maximum absolute atomic E-state index is 13.1. The molecule has 0 aromatic heterocycles. The molecule has 4 rings (SSSR count). The minimum absolute atomic E-state index is 0.149. The Morgan fingerprint density at radius 3 is 2.20 bits per heavy atom. The van der Waals surface area contributed by atoms with Gasteiger partial charge in [-0.2, -0.15) is 0 Å². The van der Waals surface area contributed by atoms with Crippen LogP contribution in [0.25, 0.3) is 0 Å². The van der Waals surface area contributed by atoms with Crippen molar-refractivity contribution in [2.75, 3.05) is 0 Å². The molecule has 0 saturated heterocycles. The summed E-state index contributed by atoms with van der Waals surface area (Å²) in [5.74, 6) is 7.09. The molecule has 2 aliphatic carbocycles. The molecule has 0 heterocycles. The molecule has 0 aliphatic heterocycles. The maximum Gasteiger partial charge on any atom is 0.181 e. The van der Waals surface area contributed by atoms with Crippen LogP contribution >= 0.6 is 11.6 Å². The van der Waals surface area contributed by atoms with E-state index in [0.29, 0.717) is 9.92 Å². The number of sulfone groups is 1. The van der Waals surface area contributed by atoms with Gasteiger partial charge in [0.15, 0.2) is 9.84 Å². The average Bonchev–Trinajstić information content (AvgIpc) is 2.63. The summed E-state index contributed by atoms with van der Waals surface area (Å²) in [6.07, 6.45) is 3.00. The number of benzene rings is 2. The molecule has 4 heteroatoms. The van der Waals surface area contributed by atoms with E-state index in [-0.39, 0.29) is 23.0 Å². The third kappa shape index (κ3) is 2.99. The van der Waals surface area contributed by atoms with Crippen LogP contribution < -0.4 is 0 Å². The summed E-state index contributed by atoms with van der Waals surface area (Å²) in [4.78, 5) is 0.383. The smallest absolute Gasteiger partial charge is 0.181 e. The normalized spacial score (nSPS) is 27.7. The third-order valence-electron chi connectivity index (χ3n) is 5.50. The molecule has 0 radical (unpaired) electrons. The molecule has 2 atom stereocenters. The second-order valence-electron chi connectivity index (χ2n) is 6.88. The van der Waals surface area contributed by atoms with Crippen molar-refractivity contribution in [3.63, 3.8) is 0 Å². The van der Waals surface area contributed by atoms with Gasteiger partial charge in [-0.15, -0.1) is 0 Å². The molecule has 2 aromatic carbocycles. The zero-order chi connectivity index (χ0) is 17.4. The Morgan fingerprint density at radius 2 is 1.56 bits per heavy atom. The van der Waals surface area contributed by atoms with E-state index in [1.165, 1.54) is 0 Å². The van der Waals surface area contributed by atoms with Gasteiger partial charge in [0.1, 0.15) is 0 Å². The predicted octanol–water partition coefficient (Wildman–Crippen LogP) is 4.58. The Balaban J connectivity index is 1.59. The Bertz CT molecular complexity index is 911. The highest BCUT2D eigenvalue weighted by Crippen LogP contribution is 2.54. The van der Waals surface area contributed by atoms with Crippen LogP contribution in [0.3, 0.4) is 0 Å².